The van der Waals surface area contributed by atoms with Crippen LogP contribution in [0, 0.1) is 6.92 Å². The number of methoxy groups -OCH3 is 1. The van der Waals surface area contributed by atoms with Gasteiger partial charge in [0.15, 0.2) is 0 Å². The van der Waals surface area contributed by atoms with Crippen molar-refractivity contribution in [1.82, 2.24) is 15.2 Å². The van der Waals surface area contributed by atoms with Gasteiger partial charge in [-0.05, 0) is 30.5 Å². The van der Waals surface area contributed by atoms with E-state index in [0.717, 1.165) is 32.1 Å². The van der Waals surface area contributed by atoms with E-state index in [-0.39, 0.29) is 0 Å². The first-order valence-electron chi connectivity index (χ1n) is 6.75. The van der Waals surface area contributed by atoms with Gasteiger partial charge in [0.05, 0.1) is 22.1 Å². The highest BCUT2D eigenvalue weighted by Gasteiger charge is 2.13. The topological polar surface area (TPSA) is 47.9 Å². The molecule has 3 aromatic rings. The number of thioether (sulfide) groups is 1. The molecule has 0 bridgehead atoms. The summed E-state index contributed by atoms with van der Waals surface area (Å²) >= 11 is 5.02. The Labute approximate surface area is 141 Å². The summed E-state index contributed by atoms with van der Waals surface area (Å²) in [7, 11) is 1.70. The summed E-state index contributed by atoms with van der Waals surface area (Å²) in [4.78, 5) is 6.93. The van der Waals surface area contributed by atoms with Crippen molar-refractivity contribution >= 4 is 34.4 Å². The lowest BCUT2D eigenvalue weighted by atomic mass is 10.3. The van der Waals surface area contributed by atoms with Crippen LogP contribution in [0.15, 0.2) is 34.7 Å². The Morgan fingerprint density at radius 3 is 2.82 bits per heavy atom. The minimum Gasteiger partial charge on any atom is -0.384 e. The van der Waals surface area contributed by atoms with Crippen molar-refractivity contribution in [1.29, 1.82) is 0 Å². The maximum absolute atomic E-state index is 5.04. The minimum absolute atomic E-state index is 0.715. The number of thiazole rings is 1. The number of hydrogen-bond acceptors (Lipinski definition) is 7. The molecule has 0 aromatic carbocycles. The zero-order valence-electron chi connectivity index (χ0n) is 12.3. The molecule has 114 valence electrons. The van der Waals surface area contributed by atoms with Gasteiger partial charge in [-0.3, -0.25) is 0 Å². The van der Waals surface area contributed by atoms with Gasteiger partial charge >= 0.3 is 0 Å². The standard InChI is InChI=1S/C15H15N3OS3/c1-10-14(22-15(16-10)12-4-3-8-20-12)11-5-6-13(18-17-11)21-9-7-19-2/h3-6,8H,7,9H2,1-2H3. The molecule has 0 amide bonds. The van der Waals surface area contributed by atoms with Gasteiger partial charge in [-0.15, -0.1) is 44.6 Å². The number of nitrogens with zero attached hydrogens (tertiary/aromatic N) is 3. The van der Waals surface area contributed by atoms with Gasteiger partial charge < -0.3 is 4.74 Å². The summed E-state index contributed by atoms with van der Waals surface area (Å²) in [6.45, 7) is 2.73. The quantitative estimate of drug-likeness (QED) is 0.488. The van der Waals surface area contributed by atoms with Crippen LogP contribution in [0.3, 0.4) is 0 Å². The maximum atomic E-state index is 5.04. The summed E-state index contributed by atoms with van der Waals surface area (Å²) in [6.07, 6.45) is 0. The molecule has 0 aliphatic rings. The normalized spacial score (nSPS) is 11.0. The molecular weight excluding hydrogens is 334 g/mol. The fraction of sp³-hybridized carbons (Fsp3) is 0.267. The number of aromatic nitrogens is 3. The van der Waals surface area contributed by atoms with Crippen molar-refractivity contribution in [2.75, 3.05) is 19.5 Å². The van der Waals surface area contributed by atoms with Crippen molar-refractivity contribution in [3.63, 3.8) is 0 Å². The predicted molar refractivity (Wildman–Crippen MR) is 93.8 cm³/mol. The van der Waals surface area contributed by atoms with Crippen LogP contribution in [-0.2, 0) is 4.74 Å². The summed E-state index contributed by atoms with van der Waals surface area (Å²) in [6, 6.07) is 8.16. The van der Waals surface area contributed by atoms with Crippen LogP contribution in [0.4, 0.5) is 0 Å². The lowest BCUT2D eigenvalue weighted by molar-refractivity contribution is 0.218. The third-order valence-electron chi connectivity index (χ3n) is 2.94. The Kier molecular flexibility index (Phi) is 5.20. The number of ether oxygens (including phenoxy) is 1. The van der Waals surface area contributed by atoms with E-state index in [1.165, 1.54) is 4.88 Å². The Bertz CT molecular complexity index is 723. The Morgan fingerprint density at radius 1 is 1.23 bits per heavy atom. The van der Waals surface area contributed by atoms with Crippen molar-refractivity contribution in [3.05, 3.63) is 35.3 Å². The molecule has 0 spiro atoms. The first-order valence-corrected chi connectivity index (χ1v) is 9.43. The summed E-state index contributed by atoms with van der Waals surface area (Å²) in [5, 5.41) is 12.7. The second-order valence-electron chi connectivity index (χ2n) is 4.51. The molecule has 0 aliphatic heterocycles. The Balaban J connectivity index is 1.79. The molecule has 22 heavy (non-hydrogen) atoms. The summed E-state index contributed by atoms with van der Waals surface area (Å²) < 4.78 is 5.04. The lowest BCUT2D eigenvalue weighted by Gasteiger charge is -2.01. The molecule has 0 saturated heterocycles. The average Bonchev–Trinajstić information content (AvgIpc) is 3.18. The van der Waals surface area contributed by atoms with Crippen LogP contribution in [0.1, 0.15) is 5.69 Å². The molecule has 0 unspecified atom stereocenters. The molecule has 3 heterocycles. The van der Waals surface area contributed by atoms with Gasteiger partial charge in [0, 0.05) is 12.9 Å². The third kappa shape index (κ3) is 3.55. The SMILES string of the molecule is COCCSc1ccc(-c2sc(-c3cccs3)nc2C)nn1. The van der Waals surface area contributed by atoms with Crippen LogP contribution in [-0.4, -0.2) is 34.7 Å². The highest BCUT2D eigenvalue weighted by Crippen LogP contribution is 2.36. The molecule has 4 nitrogen and oxygen atoms in total. The van der Waals surface area contributed by atoms with Gasteiger partial charge in [-0.1, -0.05) is 6.07 Å². The number of thiophene rings is 1. The molecule has 0 atom stereocenters. The largest absolute Gasteiger partial charge is 0.384 e. The second kappa shape index (κ2) is 7.32. The first-order chi connectivity index (χ1) is 10.8. The zero-order chi connectivity index (χ0) is 15.4. The van der Waals surface area contributed by atoms with Gasteiger partial charge in [-0.25, -0.2) is 4.98 Å². The Morgan fingerprint density at radius 2 is 2.14 bits per heavy atom. The molecular formula is C15H15N3OS3. The average molecular weight is 350 g/mol. The van der Waals surface area contributed by atoms with Gasteiger partial charge in [-0.2, -0.15) is 0 Å². The monoisotopic (exact) mass is 349 g/mol. The molecule has 0 radical (unpaired) electrons. The van der Waals surface area contributed by atoms with E-state index < -0.39 is 0 Å². The predicted octanol–water partition coefficient (Wildman–Crippen LogP) is 4.38. The fourth-order valence-electron chi connectivity index (χ4n) is 1.89. The Hall–Kier alpha value is -1.28. The number of hydrogen-bond donors (Lipinski definition) is 0. The van der Waals surface area contributed by atoms with E-state index in [0.29, 0.717) is 6.61 Å². The smallest absolute Gasteiger partial charge is 0.134 e. The number of rotatable bonds is 6. The summed E-state index contributed by atoms with van der Waals surface area (Å²) in [5.41, 5.74) is 1.89. The van der Waals surface area contributed by atoms with E-state index in [2.05, 4.69) is 26.6 Å². The molecule has 7 heteroatoms. The van der Waals surface area contributed by atoms with Crippen LogP contribution < -0.4 is 0 Å². The molecule has 3 rings (SSSR count). The minimum atomic E-state index is 0.715. The van der Waals surface area contributed by atoms with Crippen molar-refractivity contribution in [3.8, 4) is 20.5 Å². The van der Waals surface area contributed by atoms with Crippen molar-refractivity contribution in [2.45, 2.75) is 11.9 Å². The van der Waals surface area contributed by atoms with Crippen molar-refractivity contribution < 1.29 is 4.74 Å². The lowest BCUT2D eigenvalue weighted by Crippen LogP contribution is -1.94. The van der Waals surface area contributed by atoms with E-state index in [1.54, 1.807) is 41.5 Å². The second-order valence-corrected chi connectivity index (χ2v) is 7.57. The zero-order valence-corrected chi connectivity index (χ0v) is 14.7. The van der Waals surface area contributed by atoms with E-state index in [4.69, 9.17) is 4.74 Å². The highest BCUT2D eigenvalue weighted by atomic mass is 32.2. The van der Waals surface area contributed by atoms with Crippen LogP contribution in [0.25, 0.3) is 20.5 Å². The molecule has 3 aromatic heterocycles. The highest BCUT2D eigenvalue weighted by molar-refractivity contribution is 7.99. The van der Waals surface area contributed by atoms with Crippen LogP contribution >= 0.6 is 34.4 Å². The molecule has 0 N–H and O–H groups in total. The molecule has 0 saturated carbocycles. The van der Waals surface area contributed by atoms with Crippen LogP contribution in [0.5, 0.6) is 0 Å². The van der Waals surface area contributed by atoms with Gasteiger partial charge in [0.1, 0.15) is 15.7 Å². The van der Waals surface area contributed by atoms with E-state index in [9.17, 15) is 0 Å². The molecule has 0 aliphatic carbocycles. The van der Waals surface area contributed by atoms with Gasteiger partial charge in [0.2, 0.25) is 0 Å². The number of aryl methyl sites for hydroxylation is 1. The van der Waals surface area contributed by atoms with Gasteiger partial charge in [0.25, 0.3) is 0 Å². The van der Waals surface area contributed by atoms with Crippen molar-refractivity contribution in [2.24, 2.45) is 0 Å². The van der Waals surface area contributed by atoms with E-state index >= 15 is 0 Å². The summed E-state index contributed by atoms with van der Waals surface area (Å²) in [5.74, 6) is 0.882. The van der Waals surface area contributed by atoms with E-state index in [1.807, 2.05) is 25.1 Å². The first kappa shape index (κ1) is 15.6. The maximum Gasteiger partial charge on any atom is 0.134 e. The molecule has 0 fully saturated rings. The third-order valence-corrected chi connectivity index (χ3v) is 6.04. The fourth-order valence-corrected chi connectivity index (χ4v) is 4.44. The van der Waals surface area contributed by atoms with Crippen LogP contribution in [0.2, 0.25) is 0 Å².